The zero-order valence-electron chi connectivity index (χ0n) is 13.0. The van der Waals surface area contributed by atoms with Crippen LogP contribution in [-0.2, 0) is 4.74 Å². The highest BCUT2D eigenvalue weighted by Gasteiger charge is 2.00. The van der Waals surface area contributed by atoms with Crippen LogP contribution in [0.1, 0.15) is 51.4 Å². The molecule has 0 atom stereocenters. The standard InChI is InChI=1S/C14H28N6O/c1-21-11-9-7-5-3-2-4-6-8-10-17-14-19-12(15)18-13(16)20-14/h2-11H2,1H3,(H5,15,16,17,18,19,20). The molecule has 0 radical (unpaired) electrons. The molecule has 0 aliphatic rings. The van der Waals surface area contributed by atoms with Gasteiger partial charge in [0.05, 0.1) is 0 Å². The molecule has 21 heavy (non-hydrogen) atoms. The molecule has 120 valence electrons. The number of nitrogens with two attached hydrogens (primary N) is 2. The van der Waals surface area contributed by atoms with Crippen LogP contribution in [0.4, 0.5) is 17.8 Å². The average molecular weight is 296 g/mol. The van der Waals surface area contributed by atoms with E-state index in [0.717, 1.165) is 19.6 Å². The van der Waals surface area contributed by atoms with E-state index in [1.807, 2.05) is 0 Å². The van der Waals surface area contributed by atoms with E-state index in [0.29, 0.717) is 5.95 Å². The first-order valence-corrected chi connectivity index (χ1v) is 7.72. The van der Waals surface area contributed by atoms with Crippen molar-refractivity contribution in [3.05, 3.63) is 0 Å². The van der Waals surface area contributed by atoms with Gasteiger partial charge >= 0.3 is 0 Å². The first-order valence-electron chi connectivity index (χ1n) is 7.72. The Morgan fingerprint density at radius 3 is 1.90 bits per heavy atom. The van der Waals surface area contributed by atoms with Crippen molar-refractivity contribution in [2.24, 2.45) is 0 Å². The largest absolute Gasteiger partial charge is 0.385 e. The van der Waals surface area contributed by atoms with Crippen molar-refractivity contribution in [1.82, 2.24) is 15.0 Å². The molecule has 0 aliphatic carbocycles. The lowest BCUT2D eigenvalue weighted by Crippen LogP contribution is -2.10. The number of nitrogens with zero attached hydrogens (tertiary/aromatic N) is 3. The summed E-state index contributed by atoms with van der Waals surface area (Å²) in [5, 5.41) is 3.12. The first kappa shape index (κ1) is 17.4. The Morgan fingerprint density at radius 2 is 1.33 bits per heavy atom. The minimum absolute atomic E-state index is 0.151. The lowest BCUT2D eigenvalue weighted by Gasteiger charge is -2.05. The highest BCUT2D eigenvalue weighted by atomic mass is 16.5. The summed E-state index contributed by atoms with van der Waals surface area (Å²) in [7, 11) is 1.76. The fraction of sp³-hybridized carbons (Fsp3) is 0.786. The van der Waals surface area contributed by atoms with Gasteiger partial charge in [-0.25, -0.2) is 0 Å². The second kappa shape index (κ2) is 11.1. The highest BCUT2D eigenvalue weighted by Crippen LogP contribution is 2.09. The van der Waals surface area contributed by atoms with E-state index in [1.165, 1.54) is 44.9 Å². The number of ether oxygens (including phenoxy) is 1. The Balaban J connectivity index is 1.93. The topological polar surface area (TPSA) is 112 Å². The van der Waals surface area contributed by atoms with Crippen molar-refractivity contribution in [2.75, 3.05) is 37.0 Å². The minimum Gasteiger partial charge on any atom is -0.385 e. The predicted octanol–water partition coefficient (Wildman–Crippen LogP) is 2.22. The Hall–Kier alpha value is -1.63. The number of unbranched alkanes of at least 4 members (excludes halogenated alkanes) is 7. The molecule has 1 aromatic heterocycles. The maximum Gasteiger partial charge on any atom is 0.229 e. The number of hydrogen-bond acceptors (Lipinski definition) is 7. The summed E-state index contributed by atoms with van der Waals surface area (Å²) in [4.78, 5) is 11.7. The van der Waals surface area contributed by atoms with Crippen molar-refractivity contribution < 1.29 is 4.74 Å². The molecule has 0 aliphatic heterocycles. The fourth-order valence-corrected chi connectivity index (χ4v) is 2.12. The lowest BCUT2D eigenvalue weighted by atomic mass is 10.1. The lowest BCUT2D eigenvalue weighted by molar-refractivity contribution is 0.192. The quantitative estimate of drug-likeness (QED) is 0.507. The number of hydrogen-bond donors (Lipinski definition) is 3. The summed E-state index contributed by atoms with van der Waals surface area (Å²) in [5.74, 6) is 0.759. The summed E-state index contributed by atoms with van der Waals surface area (Å²) in [6, 6.07) is 0. The smallest absolute Gasteiger partial charge is 0.229 e. The zero-order valence-corrected chi connectivity index (χ0v) is 13.0. The maximum absolute atomic E-state index is 5.50. The second-order valence-corrected chi connectivity index (χ2v) is 5.12. The van der Waals surface area contributed by atoms with Crippen LogP contribution in [0.3, 0.4) is 0 Å². The number of rotatable bonds is 12. The molecular formula is C14H28N6O. The highest BCUT2D eigenvalue weighted by molar-refractivity contribution is 5.36. The van der Waals surface area contributed by atoms with Gasteiger partial charge in [-0.1, -0.05) is 38.5 Å². The molecule has 7 nitrogen and oxygen atoms in total. The molecule has 0 bridgehead atoms. The Labute approximate surface area is 126 Å². The van der Waals surface area contributed by atoms with Gasteiger partial charge in [0.25, 0.3) is 0 Å². The molecule has 0 aromatic carbocycles. The third kappa shape index (κ3) is 9.01. The van der Waals surface area contributed by atoms with Gasteiger partial charge in [-0.15, -0.1) is 0 Å². The van der Waals surface area contributed by atoms with Crippen LogP contribution >= 0.6 is 0 Å². The van der Waals surface area contributed by atoms with Crippen LogP contribution in [0.25, 0.3) is 0 Å². The van der Waals surface area contributed by atoms with Crippen molar-refractivity contribution in [3.63, 3.8) is 0 Å². The Morgan fingerprint density at radius 1 is 0.810 bits per heavy atom. The molecule has 1 aromatic rings. The number of anilines is 3. The molecule has 7 heteroatoms. The van der Waals surface area contributed by atoms with Gasteiger partial charge in [-0.05, 0) is 12.8 Å². The van der Waals surface area contributed by atoms with Crippen molar-refractivity contribution in [1.29, 1.82) is 0 Å². The van der Waals surface area contributed by atoms with Gasteiger partial charge in [-0.3, -0.25) is 0 Å². The van der Waals surface area contributed by atoms with E-state index < -0.39 is 0 Å². The molecule has 0 amide bonds. The van der Waals surface area contributed by atoms with Gasteiger partial charge in [0, 0.05) is 20.3 Å². The summed E-state index contributed by atoms with van der Waals surface area (Å²) in [5.41, 5.74) is 11.0. The first-order chi connectivity index (χ1) is 10.2. The molecule has 0 fully saturated rings. The molecular weight excluding hydrogens is 268 g/mol. The summed E-state index contributed by atoms with van der Waals surface area (Å²) in [6.07, 6.45) is 9.96. The van der Waals surface area contributed by atoms with E-state index >= 15 is 0 Å². The van der Waals surface area contributed by atoms with Gasteiger partial charge in [0.1, 0.15) is 0 Å². The fourth-order valence-electron chi connectivity index (χ4n) is 2.12. The third-order valence-electron chi connectivity index (χ3n) is 3.23. The van der Waals surface area contributed by atoms with Gasteiger partial charge < -0.3 is 21.5 Å². The number of nitrogens with one attached hydrogen (secondary N) is 1. The van der Waals surface area contributed by atoms with E-state index in [1.54, 1.807) is 7.11 Å². The molecule has 0 spiro atoms. The van der Waals surface area contributed by atoms with Crippen molar-refractivity contribution in [3.8, 4) is 0 Å². The number of nitrogen functional groups attached to an aromatic ring is 2. The Bertz CT molecular complexity index is 367. The second-order valence-electron chi connectivity index (χ2n) is 5.12. The van der Waals surface area contributed by atoms with Crippen LogP contribution in [0.5, 0.6) is 0 Å². The van der Waals surface area contributed by atoms with Crippen molar-refractivity contribution >= 4 is 17.8 Å². The van der Waals surface area contributed by atoms with Crippen LogP contribution < -0.4 is 16.8 Å². The molecule has 0 unspecified atom stereocenters. The molecule has 0 saturated heterocycles. The SMILES string of the molecule is COCCCCCCCCCCNc1nc(N)nc(N)n1. The molecule has 0 saturated carbocycles. The summed E-state index contributed by atoms with van der Waals surface area (Å²) < 4.78 is 5.03. The van der Waals surface area contributed by atoms with E-state index in [4.69, 9.17) is 16.2 Å². The summed E-state index contributed by atoms with van der Waals surface area (Å²) in [6.45, 7) is 1.72. The predicted molar refractivity (Wildman–Crippen MR) is 86.0 cm³/mol. The Kier molecular flexibility index (Phi) is 9.19. The zero-order chi connectivity index (χ0) is 15.3. The van der Waals surface area contributed by atoms with E-state index in [9.17, 15) is 0 Å². The van der Waals surface area contributed by atoms with Gasteiger partial charge in [-0.2, -0.15) is 15.0 Å². The van der Waals surface area contributed by atoms with E-state index in [-0.39, 0.29) is 11.9 Å². The van der Waals surface area contributed by atoms with Crippen LogP contribution in [0, 0.1) is 0 Å². The molecule has 5 N–H and O–H groups in total. The average Bonchev–Trinajstić information content (AvgIpc) is 2.44. The van der Waals surface area contributed by atoms with Gasteiger partial charge in [0.2, 0.25) is 17.8 Å². The maximum atomic E-state index is 5.50. The normalized spacial score (nSPS) is 10.7. The van der Waals surface area contributed by atoms with Crippen LogP contribution in [0.15, 0.2) is 0 Å². The molecule has 1 heterocycles. The number of methoxy groups -OCH3 is 1. The minimum atomic E-state index is 0.151. The van der Waals surface area contributed by atoms with Gasteiger partial charge in [0.15, 0.2) is 0 Å². The van der Waals surface area contributed by atoms with Crippen LogP contribution in [0.2, 0.25) is 0 Å². The summed E-state index contributed by atoms with van der Waals surface area (Å²) >= 11 is 0. The number of aromatic nitrogens is 3. The van der Waals surface area contributed by atoms with Crippen LogP contribution in [-0.4, -0.2) is 35.2 Å². The third-order valence-corrected chi connectivity index (χ3v) is 3.23. The monoisotopic (exact) mass is 296 g/mol. The van der Waals surface area contributed by atoms with Crippen molar-refractivity contribution in [2.45, 2.75) is 51.4 Å². The molecule has 1 rings (SSSR count). The van der Waals surface area contributed by atoms with E-state index in [2.05, 4.69) is 20.3 Å².